The molecule has 0 aliphatic heterocycles. The summed E-state index contributed by atoms with van der Waals surface area (Å²) in [4.78, 5) is 16.6. The highest BCUT2D eigenvalue weighted by Crippen LogP contribution is 2.31. The molecule has 6 heteroatoms. The summed E-state index contributed by atoms with van der Waals surface area (Å²) < 4.78 is 14.8. The van der Waals surface area contributed by atoms with E-state index in [0.29, 0.717) is 13.2 Å². The molecule has 0 saturated heterocycles. The lowest BCUT2D eigenvalue weighted by atomic mass is 10.7. The van der Waals surface area contributed by atoms with E-state index in [1.807, 2.05) is 0 Å². The molecular weight excluding hydrogens is 157 g/mol. The summed E-state index contributed by atoms with van der Waals surface area (Å²) >= 11 is 0. The van der Waals surface area contributed by atoms with E-state index < -0.39 is 7.60 Å². The Bertz CT molecular complexity index is 122. The van der Waals surface area contributed by atoms with Crippen LogP contribution in [0.2, 0.25) is 0 Å². The first kappa shape index (κ1) is 10.1. The minimum Gasteiger partial charge on any atom is -0.383 e. The molecule has 0 spiro atoms. The van der Waals surface area contributed by atoms with E-state index in [1.54, 1.807) is 0 Å². The Morgan fingerprint density at radius 3 is 2.60 bits per heavy atom. The van der Waals surface area contributed by atoms with Crippen molar-refractivity contribution in [1.29, 1.82) is 0 Å². The summed E-state index contributed by atoms with van der Waals surface area (Å²) in [5, 5.41) is 2.54. The SMILES string of the molecule is COCCNCP(=O)(O)O. The highest BCUT2D eigenvalue weighted by molar-refractivity contribution is 7.51. The standard InChI is InChI=1S/C4H12NO4P/c1-9-3-2-5-4-10(6,7)8/h5H,2-4H2,1H3,(H2,6,7,8). The van der Waals surface area contributed by atoms with E-state index in [9.17, 15) is 4.57 Å². The fourth-order valence-corrected chi connectivity index (χ4v) is 0.848. The van der Waals surface area contributed by atoms with Crippen molar-refractivity contribution in [1.82, 2.24) is 5.32 Å². The van der Waals surface area contributed by atoms with Crippen molar-refractivity contribution in [3.63, 3.8) is 0 Å². The Morgan fingerprint density at radius 2 is 2.20 bits per heavy atom. The summed E-state index contributed by atoms with van der Waals surface area (Å²) in [5.74, 6) is 0. The third kappa shape index (κ3) is 8.07. The molecule has 0 rings (SSSR count). The number of rotatable bonds is 5. The van der Waals surface area contributed by atoms with Gasteiger partial charge in [-0.1, -0.05) is 0 Å². The van der Waals surface area contributed by atoms with Gasteiger partial charge in [-0.25, -0.2) is 0 Å². The number of ether oxygens (including phenoxy) is 1. The van der Waals surface area contributed by atoms with Gasteiger partial charge in [-0.2, -0.15) is 0 Å². The molecular formula is C4H12NO4P. The van der Waals surface area contributed by atoms with Gasteiger partial charge in [0, 0.05) is 13.7 Å². The molecule has 0 unspecified atom stereocenters. The molecule has 0 heterocycles. The zero-order valence-corrected chi connectivity index (χ0v) is 6.67. The molecule has 0 bridgehead atoms. The van der Waals surface area contributed by atoms with Crippen molar-refractivity contribution in [2.75, 3.05) is 26.5 Å². The molecule has 0 fully saturated rings. The Labute approximate surface area is 59.5 Å². The number of hydrogen-bond donors (Lipinski definition) is 3. The average Bonchev–Trinajstić information content (AvgIpc) is 1.78. The second-order valence-electron chi connectivity index (χ2n) is 1.82. The van der Waals surface area contributed by atoms with Crippen LogP contribution in [0.25, 0.3) is 0 Å². The molecule has 0 aromatic rings. The normalized spacial score (nSPS) is 11.9. The van der Waals surface area contributed by atoms with Gasteiger partial charge in [0.05, 0.1) is 12.9 Å². The van der Waals surface area contributed by atoms with Gasteiger partial charge >= 0.3 is 7.60 Å². The van der Waals surface area contributed by atoms with Crippen molar-refractivity contribution in [2.24, 2.45) is 0 Å². The van der Waals surface area contributed by atoms with Crippen LogP contribution >= 0.6 is 7.60 Å². The second-order valence-corrected chi connectivity index (χ2v) is 3.46. The lowest BCUT2D eigenvalue weighted by Gasteiger charge is -2.04. The van der Waals surface area contributed by atoms with E-state index >= 15 is 0 Å². The summed E-state index contributed by atoms with van der Waals surface area (Å²) in [7, 11) is -2.35. The van der Waals surface area contributed by atoms with Crippen LogP contribution in [0, 0.1) is 0 Å². The van der Waals surface area contributed by atoms with Crippen molar-refractivity contribution in [3.8, 4) is 0 Å². The van der Waals surface area contributed by atoms with Crippen molar-refractivity contribution in [2.45, 2.75) is 0 Å². The van der Waals surface area contributed by atoms with E-state index in [-0.39, 0.29) is 6.29 Å². The Kier molecular flexibility index (Phi) is 4.85. The molecule has 0 saturated carbocycles. The van der Waals surface area contributed by atoms with Crippen LogP contribution in [0.5, 0.6) is 0 Å². The lowest BCUT2D eigenvalue weighted by Crippen LogP contribution is -2.20. The number of hydrogen-bond acceptors (Lipinski definition) is 3. The highest BCUT2D eigenvalue weighted by atomic mass is 31.2. The summed E-state index contributed by atoms with van der Waals surface area (Å²) in [5.41, 5.74) is 0. The van der Waals surface area contributed by atoms with E-state index in [1.165, 1.54) is 7.11 Å². The van der Waals surface area contributed by atoms with Gasteiger partial charge in [-0.3, -0.25) is 4.57 Å². The maximum Gasteiger partial charge on any atom is 0.339 e. The van der Waals surface area contributed by atoms with E-state index in [4.69, 9.17) is 9.79 Å². The fourth-order valence-electron chi connectivity index (χ4n) is 0.399. The minimum absolute atomic E-state index is 0.281. The maximum atomic E-state index is 10.2. The predicted molar refractivity (Wildman–Crippen MR) is 36.8 cm³/mol. The quantitative estimate of drug-likeness (QED) is 0.376. The molecule has 0 atom stereocenters. The molecule has 10 heavy (non-hydrogen) atoms. The Balaban J connectivity index is 3.13. The third-order valence-electron chi connectivity index (χ3n) is 0.801. The topological polar surface area (TPSA) is 78.8 Å². The maximum absolute atomic E-state index is 10.2. The first-order valence-electron chi connectivity index (χ1n) is 2.80. The lowest BCUT2D eigenvalue weighted by molar-refractivity contribution is 0.200. The van der Waals surface area contributed by atoms with E-state index in [2.05, 4.69) is 10.1 Å². The molecule has 0 aliphatic carbocycles. The smallest absolute Gasteiger partial charge is 0.339 e. The second kappa shape index (κ2) is 4.82. The van der Waals surface area contributed by atoms with Gasteiger partial charge in [0.25, 0.3) is 0 Å². The summed E-state index contributed by atoms with van der Waals surface area (Å²) in [6.07, 6.45) is -0.281. The third-order valence-corrected chi connectivity index (χ3v) is 1.44. The molecule has 0 amide bonds. The largest absolute Gasteiger partial charge is 0.383 e. The van der Waals surface area contributed by atoms with Crippen LogP contribution in [0.3, 0.4) is 0 Å². The molecule has 0 aromatic heterocycles. The van der Waals surface area contributed by atoms with Gasteiger partial charge in [0.1, 0.15) is 0 Å². The van der Waals surface area contributed by atoms with Crippen molar-refractivity contribution < 1.29 is 19.1 Å². The van der Waals surface area contributed by atoms with Crippen LogP contribution in [-0.2, 0) is 9.30 Å². The zero-order valence-electron chi connectivity index (χ0n) is 5.78. The molecule has 3 N–H and O–H groups in total. The van der Waals surface area contributed by atoms with Crippen LogP contribution in [0.4, 0.5) is 0 Å². The number of methoxy groups -OCH3 is 1. The minimum atomic E-state index is -3.87. The monoisotopic (exact) mass is 169 g/mol. The molecule has 0 aliphatic rings. The Morgan fingerprint density at radius 1 is 1.60 bits per heavy atom. The zero-order chi connectivity index (χ0) is 8.04. The van der Waals surface area contributed by atoms with E-state index in [0.717, 1.165) is 0 Å². The highest BCUT2D eigenvalue weighted by Gasteiger charge is 2.10. The van der Waals surface area contributed by atoms with Gasteiger partial charge < -0.3 is 19.8 Å². The molecule has 5 nitrogen and oxygen atoms in total. The Hall–Kier alpha value is 0.0700. The van der Waals surface area contributed by atoms with Crippen LogP contribution in [-0.4, -0.2) is 36.3 Å². The molecule has 0 aromatic carbocycles. The van der Waals surface area contributed by atoms with Crippen LogP contribution < -0.4 is 5.32 Å². The predicted octanol–water partition coefficient (Wildman–Crippen LogP) is -0.642. The van der Waals surface area contributed by atoms with Crippen LogP contribution in [0.15, 0.2) is 0 Å². The number of nitrogens with one attached hydrogen (secondary N) is 1. The van der Waals surface area contributed by atoms with Gasteiger partial charge in [0.15, 0.2) is 0 Å². The summed E-state index contributed by atoms with van der Waals surface area (Å²) in [6, 6.07) is 0. The van der Waals surface area contributed by atoms with Gasteiger partial charge in [-0.05, 0) is 0 Å². The average molecular weight is 169 g/mol. The van der Waals surface area contributed by atoms with Crippen molar-refractivity contribution in [3.05, 3.63) is 0 Å². The molecule has 62 valence electrons. The summed E-state index contributed by atoms with van der Waals surface area (Å²) in [6.45, 7) is 0.918. The van der Waals surface area contributed by atoms with Crippen molar-refractivity contribution >= 4 is 7.60 Å². The first-order chi connectivity index (χ1) is 4.56. The fraction of sp³-hybridized carbons (Fsp3) is 1.00. The van der Waals surface area contributed by atoms with Crippen LogP contribution in [0.1, 0.15) is 0 Å². The first-order valence-corrected chi connectivity index (χ1v) is 4.60. The van der Waals surface area contributed by atoms with Gasteiger partial charge in [0.2, 0.25) is 0 Å². The van der Waals surface area contributed by atoms with Gasteiger partial charge in [-0.15, -0.1) is 0 Å². The molecule has 0 radical (unpaired) electrons.